The molecule has 430 valence electrons. The lowest BCUT2D eigenvalue weighted by atomic mass is 9.99. The van der Waals surface area contributed by atoms with Crippen LogP contribution in [0.15, 0.2) is 158 Å². The van der Waals surface area contributed by atoms with Crippen molar-refractivity contribution in [2.75, 3.05) is 13.2 Å². The van der Waals surface area contributed by atoms with Gasteiger partial charge in [-0.2, -0.15) is 0 Å². The summed E-state index contributed by atoms with van der Waals surface area (Å²) in [6.07, 6.45) is 23.9. The maximum Gasteiger partial charge on any atom is 0.343 e. The molecule has 0 amide bonds. The molecule has 0 atom stereocenters. The van der Waals surface area contributed by atoms with Crippen molar-refractivity contribution in [1.29, 1.82) is 0 Å². The van der Waals surface area contributed by atoms with Crippen molar-refractivity contribution < 1.29 is 56.4 Å². The number of hydrogen-bond acceptors (Lipinski definition) is 10. The van der Waals surface area contributed by atoms with Gasteiger partial charge in [-0.15, -0.1) is 0 Å². The highest BCUT2D eigenvalue weighted by Crippen LogP contribution is 2.30. The predicted octanol–water partition coefficient (Wildman–Crippen LogP) is 18.8. The number of benzene rings is 7. The second-order valence-electron chi connectivity index (χ2n) is 20.6. The molecule has 0 bridgehead atoms. The van der Waals surface area contributed by atoms with Crippen LogP contribution < -0.4 is 28.4 Å². The smallest absolute Gasteiger partial charge is 0.343 e. The molecule has 0 radical (unpaired) electrons. The van der Waals surface area contributed by atoms with Crippen LogP contribution in [0.5, 0.6) is 34.5 Å². The van der Waals surface area contributed by atoms with E-state index in [1.807, 2.05) is 48.5 Å². The van der Waals surface area contributed by atoms with Gasteiger partial charge in [-0.1, -0.05) is 172 Å². The zero-order valence-electron chi connectivity index (χ0n) is 47.4. The molecule has 0 saturated carbocycles. The summed E-state index contributed by atoms with van der Waals surface area (Å²) in [6.45, 7) is 5.26. The molecule has 7 aromatic carbocycles. The quantitative estimate of drug-likeness (QED) is 0.0219. The maximum absolute atomic E-state index is 14.8. The summed E-state index contributed by atoms with van der Waals surface area (Å²) in [6, 6.07) is 41.9. The summed E-state index contributed by atoms with van der Waals surface area (Å²) in [7, 11) is 0. The minimum Gasteiger partial charge on any atom is -0.491 e. The van der Waals surface area contributed by atoms with Gasteiger partial charge in [0.2, 0.25) is 0 Å². The fourth-order valence-electron chi connectivity index (χ4n) is 9.32. The highest BCUT2D eigenvalue weighted by molar-refractivity contribution is 5.94. The number of carbonyl (C=O) groups excluding carboxylic acids is 4. The van der Waals surface area contributed by atoms with Crippen molar-refractivity contribution in [3.05, 3.63) is 192 Å². The Balaban J connectivity index is 0.807. The van der Waals surface area contributed by atoms with E-state index in [-0.39, 0.29) is 45.3 Å². The second-order valence-corrected chi connectivity index (χ2v) is 20.6. The van der Waals surface area contributed by atoms with E-state index >= 15 is 0 Å². The number of hydrogen-bond donors (Lipinski definition) is 0. The SMILES string of the molecule is CCCCCCCCCCCCOc1ccc(C(=O)Oc2ccc(C(=O)Oc3ccc(-c4cccc(-c5ccc(OC(=O)c6ccc(OC(=O)c7ccc(OCCCCCCCCCCCC)c(F)c7)cc6)cc5)c4)cc3)cc2)cc1F. The van der Waals surface area contributed by atoms with Crippen molar-refractivity contribution in [3.63, 3.8) is 0 Å². The molecule has 0 fully saturated rings. The van der Waals surface area contributed by atoms with Gasteiger partial charge >= 0.3 is 23.9 Å². The molecule has 0 aliphatic rings. The van der Waals surface area contributed by atoms with Crippen molar-refractivity contribution in [2.24, 2.45) is 0 Å². The van der Waals surface area contributed by atoms with Crippen LogP contribution in [0.2, 0.25) is 0 Å². The maximum atomic E-state index is 14.8. The third kappa shape index (κ3) is 20.1. The largest absolute Gasteiger partial charge is 0.491 e. The van der Waals surface area contributed by atoms with Crippen LogP contribution in [-0.2, 0) is 0 Å². The molecule has 10 nitrogen and oxygen atoms in total. The number of esters is 4. The van der Waals surface area contributed by atoms with E-state index in [2.05, 4.69) is 13.8 Å². The molecule has 0 spiro atoms. The van der Waals surface area contributed by atoms with Crippen LogP contribution in [0.4, 0.5) is 8.78 Å². The number of unbranched alkanes of at least 4 members (excludes halogenated alkanes) is 18. The highest BCUT2D eigenvalue weighted by Gasteiger charge is 2.17. The Hall–Kier alpha value is -8.12. The molecule has 7 rings (SSSR count). The molecule has 0 unspecified atom stereocenters. The average Bonchev–Trinajstić information content (AvgIpc) is 3.58. The van der Waals surface area contributed by atoms with Gasteiger partial charge in [0.05, 0.1) is 35.5 Å². The minimum atomic E-state index is -0.748. The third-order valence-electron chi connectivity index (χ3n) is 14.1. The lowest BCUT2D eigenvalue weighted by Crippen LogP contribution is -2.11. The zero-order chi connectivity index (χ0) is 57.7. The van der Waals surface area contributed by atoms with E-state index in [1.165, 1.54) is 163 Å². The van der Waals surface area contributed by atoms with Crippen LogP contribution >= 0.6 is 0 Å². The normalized spacial score (nSPS) is 11.0. The Morgan fingerprint density at radius 1 is 0.305 bits per heavy atom. The summed E-state index contributed by atoms with van der Waals surface area (Å²) in [5.74, 6) is -2.79. The molecule has 0 heterocycles. The molecule has 82 heavy (non-hydrogen) atoms. The van der Waals surface area contributed by atoms with Crippen molar-refractivity contribution in [2.45, 2.75) is 142 Å². The first-order valence-electron chi connectivity index (χ1n) is 29.3. The van der Waals surface area contributed by atoms with E-state index in [4.69, 9.17) is 28.4 Å². The van der Waals surface area contributed by atoms with Crippen LogP contribution in [-0.4, -0.2) is 37.1 Å². The summed E-state index contributed by atoms with van der Waals surface area (Å²) in [5, 5.41) is 0. The van der Waals surface area contributed by atoms with Crippen molar-refractivity contribution >= 4 is 23.9 Å². The Kier molecular flexibility index (Phi) is 25.2. The van der Waals surface area contributed by atoms with Crippen LogP contribution in [0.3, 0.4) is 0 Å². The molecule has 0 aliphatic heterocycles. The molecule has 0 N–H and O–H groups in total. The molecular formula is C70H76F2O10. The molecular weight excluding hydrogens is 1040 g/mol. The fraction of sp³-hybridized carbons (Fsp3) is 0.343. The number of rotatable bonds is 34. The summed E-state index contributed by atoms with van der Waals surface area (Å²) >= 11 is 0. The van der Waals surface area contributed by atoms with Crippen LogP contribution in [0.25, 0.3) is 22.3 Å². The first-order chi connectivity index (χ1) is 40.1. The van der Waals surface area contributed by atoms with E-state index in [1.54, 1.807) is 24.3 Å². The monoisotopic (exact) mass is 1110 g/mol. The first-order valence-corrected chi connectivity index (χ1v) is 29.3. The molecule has 0 aliphatic carbocycles. The minimum absolute atomic E-state index is 0.0301. The van der Waals surface area contributed by atoms with Crippen molar-refractivity contribution in [3.8, 4) is 56.8 Å². The van der Waals surface area contributed by atoms with Gasteiger partial charge < -0.3 is 28.4 Å². The standard InChI is InChI=1S/C70H76F2O10/c1-3-5-7-9-11-13-15-17-19-21-46-77-65-44-34-57(49-63(65)71)69(75)81-61-40-30-53(31-41-61)67(73)79-59-36-26-51(27-37-59)55-24-23-25-56(48-55)52-28-38-60(39-29-52)80-68(74)54-32-42-62(43-33-54)82-70(76)58-35-45-66(64(72)50-58)78-47-22-20-18-16-14-12-10-8-6-4-2/h23-45,48-50H,3-22,46-47H2,1-2H3. The van der Waals surface area contributed by atoms with Crippen LogP contribution in [0.1, 0.15) is 184 Å². The molecule has 0 saturated heterocycles. The van der Waals surface area contributed by atoms with Gasteiger partial charge in [-0.05, 0) is 150 Å². The third-order valence-corrected chi connectivity index (χ3v) is 14.1. The van der Waals surface area contributed by atoms with Gasteiger partial charge in [0.25, 0.3) is 0 Å². The number of carbonyl (C=O) groups is 4. The Morgan fingerprint density at radius 2 is 0.585 bits per heavy atom. The van der Waals surface area contributed by atoms with Gasteiger partial charge in [-0.25, -0.2) is 28.0 Å². The highest BCUT2D eigenvalue weighted by atomic mass is 19.1. The topological polar surface area (TPSA) is 124 Å². The first kappa shape index (κ1) is 61.5. The van der Waals surface area contributed by atoms with Gasteiger partial charge in [0.1, 0.15) is 23.0 Å². The summed E-state index contributed by atoms with van der Waals surface area (Å²) in [4.78, 5) is 51.9. The lowest BCUT2D eigenvalue weighted by Gasteiger charge is -2.10. The molecule has 0 aromatic heterocycles. The molecule has 7 aromatic rings. The Bertz CT molecular complexity index is 2890. The van der Waals surface area contributed by atoms with Gasteiger partial charge in [-0.3, -0.25) is 0 Å². The Labute approximate surface area is 482 Å². The van der Waals surface area contributed by atoms with E-state index in [0.717, 1.165) is 72.9 Å². The fourth-order valence-corrected chi connectivity index (χ4v) is 9.32. The average molecular weight is 1120 g/mol. The van der Waals surface area contributed by atoms with E-state index in [9.17, 15) is 28.0 Å². The van der Waals surface area contributed by atoms with Gasteiger partial charge in [0.15, 0.2) is 23.1 Å². The second kappa shape index (κ2) is 33.6. The zero-order valence-corrected chi connectivity index (χ0v) is 47.4. The predicted molar refractivity (Wildman–Crippen MR) is 318 cm³/mol. The number of ether oxygens (including phenoxy) is 6. The summed E-state index contributed by atoms with van der Waals surface area (Å²) in [5.41, 5.74) is 4.13. The lowest BCUT2D eigenvalue weighted by molar-refractivity contribution is 0.0719. The van der Waals surface area contributed by atoms with E-state index in [0.29, 0.717) is 24.7 Å². The van der Waals surface area contributed by atoms with E-state index < -0.39 is 35.5 Å². The number of halogens is 2. The molecule has 12 heteroatoms. The van der Waals surface area contributed by atoms with Gasteiger partial charge in [0, 0.05) is 0 Å². The Morgan fingerprint density at radius 3 is 0.902 bits per heavy atom. The summed E-state index contributed by atoms with van der Waals surface area (Å²) < 4.78 is 63.1. The van der Waals surface area contributed by atoms with Crippen molar-refractivity contribution in [1.82, 2.24) is 0 Å². The van der Waals surface area contributed by atoms with Crippen LogP contribution in [0, 0.1) is 11.6 Å².